The third-order valence-electron chi connectivity index (χ3n) is 1.91. The van der Waals surface area contributed by atoms with E-state index in [0.717, 1.165) is 0 Å². The number of halogens is 3. The standard InChI is InChI=1S/C12H14BrClFNO2/c1-12(2,3)18-11(17)16-6-7-4-10(15)8(13)5-9(7)14/h4-5H,6H2,1-3H3,(H,16,17). The van der Waals surface area contributed by atoms with Crippen molar-refractivity contribution in [3.8, 4) is 0 Å². The Morgan fingerprint density at radius 1 is 1.50 bits per heavy atom. The van der Waals surface area contributed by atoms with Gasteiger partial charge in [-0.05, 0) is 54.4 Å². The Morgan fingerprint density at radius 3 is 2.67 bits per heavy atom. The third-order valence-corrected chi connectivity index (χ3v) is 2.87. The Balaban J connectivity index is 2.64. The first-order valence-corrected chi connectivity index (χ1v) is 6.46. The second kappa shape index (κ2) is 5.89. The Labute approximate surface area is 119 Å². The van der Waals surface area contributed by atoms with Gasteiger partial charge in [-0.2, -0.15) is 0 Å². The average Bonchev–Trinajstić information content (AvgIpc) is 2.19. The van der Waals surface area contributed by atoms with Gasteiger partial charge in [-0.1, -0.05) is 11.6 Å². The molecule has 1 aromatic rings. The molecular formula is C12H14BrClFNO2. The van der Waals surface area contributed by atoms with Crippen LogP contribution in [0.4, 0.5) is 9.18 Å². The van der Waals surface area contributed by atoms with Crippen LogP contribution in [-0.2, 0) is 11.3 Å². The number of benzene rings is 1. The first kappa shape index (κ1) is 15.2. The van der Waals surface area contributed by atoms with Crippen LogP contribution >= 0.6 is 27.5 Å². The van der Waals surface area contributed by atoms with Crippen molar-refractivity contribution in [2.45, 2.75) is 32.9 Å². The summed E-state index contributed by atoms with van der Waals surface area (Å²) in [6.45, 7) is 5.40. The van der Waals surface area contributed by atoms with Crippen LogP contribution in [0.3, 0.4) is 0 Å². The Kier molecular flexibility index (Phi) is 4.99. The predicted octanol–water partition coefficient (Wildman–Crippen LogP) is 4.27. The highest BCUT2D eigenvalue weighted by Gasteiger charge is 2.16. The third kappa shape index (κ3) is 4.82. The average molecular weight is 339 g/mol. The van der Waals surface area contributed by atoms with Crippen molar-refractivity contribution in [2.75, 3.05) is 0 Å². The number of hydrogen-bond acceptors (Lipinski definition) is 2. The van der Waals surface area contributed by atoms with E-state index in [9.17, 15) is 9.18 Å². The number of alkyl carbamates (subject to hydrolysis) is 1. The smallest absolute Gasteiger partial charge is 0.407 e. The van der Waals surface area contributed by atoms with E-state index in [0.29, 0.717) is 10.6 Å². The zero-order chi connectivity index (χ0) is 13.9. The van der Waals surface area contributed by atoms with E-state index >= 15 is 0 Å². The van der Waals surface area contributed by atoms with Crippen molar-refractivity contribution < 1.29 is 13.9 Å². The minimum Gasteiger partial charge on any atom is -0.444 e. The maximum Gasteiger partial charge on any atom is 0.407 e. The summed E-state index contributed by atoms with van der Waals surface area (Å²) in [5.41, 5.74) is -0.0815. The first-order valence-electron chi connectivity index (χ1n) is 5.29. The van der Waals surface area contributed by atoms with Crippen LogP contribution in [0.2, 0.25) is 5.02 Å². The van der Waals surface area contributed by atoms with Gasteiger partial charge in [0.1, 0.15) is 11.4 Å². The van der Waals surface area contributed by atoms with Gasteiger partial charge in [0.25, 0.3) is 0 Å². The van der Waals surface area contributed by atoms with E-state index in [1.807, 2.05) is 0 Å². The molecule has 0 aliphatic carbocycles. The van der Waals surface area contributed by atoms with Gasteiger partial charge in [0.15, 0.2) is 0 Å². The van der Waals surface area contributed by atoms with Gasteiger partial charge in [0, 0.05) is 11.6 Å². The first-order chi connectivity index (χ1) is 8.19. The Hall–Kier alpha value is -0.810. The van der Waals surface area contributed by atoms with Gasteiger partial charge in [-0.25, -0.2) is 9.18 Å². The summed E-state index contributed by atoms with van der Waals surface area (Å²) in [5.74, 6) is -0.430. The lowest BCUT2D eigenvalue weighted by molar-refractivity contribution is 0.0523. The molecule has 18 heavy (non-hydrogen) atoms. The molecule has 1 N–H and O–H groups in total. The maximum atomic E-state index is 13.3. The Morgan fingerprint density at radius 2 is 2.11 bits per heavy atom. The molecule has 0 radical (unpaired) electrons. The molecule has 0 bridgehead atoms. The molecular weight excluding hydrogens is 324 g/mol. The molecule has 0 fully saturated rings. The van der Waals surface area contributed by atoms with Gasteiger partial charge >= 0.3 is 6.09 Å². The molecule has 0 atom stereocenters. The van der Waals surface area contributed by atoms with Crippen LogP contribution in [0.1, 0.15) is 26.3 Å². The molecule has 0 aliphatic heterocycles. The van der Waals surface area contributed by atoms with Gasteiger partial charge in [-0.15, -0.1) is 0 Å². The van der Waals surface area contributed by atoms with Crippen LogP contribution in [0.5, 0.6) is 0 Å². The summed E-state index contributed by atoms with van der Waals surface area (Å²) >= 11 is 8.96. The zero-order valence-electron chi connectivity index (χ0n) is 10.3. The Bertz CT molecular complexity index is 460. The normalized spacial score (nSPS) is 11.2. The summed E-state index contributed by atoms with van der Waals surface area (Å²) in [4.78, 5) is 11.4. The van der Waals surface area contributed by atoms with Crippen LogP contribution in [-0.4, -0.2) is 11.7 Å². The number of hydrogen-bond donors (Lipinski definition) is 1. The van der Waals surface area contributed by atoms with E-state index in [-0.39, 0.29) is 11.0 Å². The molecule has 1 amide bonds. The highest BCUT2D eigenvalue weighted by Crippen LogP contribution is 2.24. The number of carbonyl (C=O) groups excluding carboxylic acids is 1. The second-order valence-electron chi connectivity index (χ2n) is 4.71. The lowest BCUT2D eigenvalue weighted by Crippen LogP contribution is -2.32. The molecule has 0 saturated heterocycles. The minimum atomic E-state index is -0.571. The van der Waals surface area contributed by atoms with E-state index < -0.39 is 17.5 Å². The number of amides is 1. The van der Waals surface area contributed by atoms with E-state index in [1.165, 1.54) is 12.1 Å². The van der Waals surface area contributed by atoms with E-state index in [4.69, 9.17) is 16.3 Å². The van der Waals surface area contributed by atoms with Gasteiger partial charge < -0.3 is 10.1 Å². The van der Waals surface area contributed by atoms with Crippen molar-refractivity contribution in [3.63, 3.8) is 0 Å². The molecule has 6 heteroatoms. The fourth-order valence-corrected chi connectivity index (χ4v) is 1.89. The minimum absolute atomic E-state index is 0.109. The van der Waals surface area contributed by atoms with Crippen molar-refractivity contribution in [1.29, 1.82) is 0 Å². The van der Waals surface area contributed by atoms with Crippen molar-refractivity contribution in [3.05, 3.63) is 33.0 Å². The summed E-state index contributed by atoms with van der Waals surface area (Å²) in [5, 5.41) is 2.89. The predicted molar refractivity (Wildman–Crippen MR) is 72.2 cm³/mol. The van der Waals surface area contributed by atoms with E-state index in [1.54, 1.807) is 20.8 Å². The zero-order valence-corrected chi connectivity index (χ0v) is 12.7. The van der Waals surface area contributed by atoms with Crippen molar-refractivity contribution in [1.82, 2.24) is 5.32 Å². The quantitative estimate of drug-likeness (QED) is 0.818. The lowest BCUT2D eigenvalue weighted by atomic mass is 10.2. The molecule has 1 aromatic carbocycles. The molecule has 0 unspecified atom stereocenters. The van der Waals surface area contributed by atoms with Crippen LogP contribution in [0.15, 0.2) is 16.6 Å². The van der Waals surface area contributed by atoms with Gasteiger partial charge in [0.05, 0.1) is 4.47 Å². The molecule has 3 nitrogen and oxygen atoms in total. The highest BCUT2D eigenvalue weighted by atomic mass is 79.9. The van der Waals surface area contributed by atoms with Gasteiger partial charge in [-0.3, -0.25) is 0 Å². The fourth-order valence-electron chi connectivity index (χ4n) is 1.18. The molecule has 0 saturated carbocycles. The summed E-state index contributed by atoms with van der Waals surface area (Å²) in [6.07, 6.45) is -0.568. The lowest BCUT2D eigenvalue weighted by Gasteiger charge is -2.19. The number of carbonyl (C=O) groups is 1. The van der Waals surface area contributed by atoms with Gasteiger partial charge in [0.2, 0.25) is 0 Å². The van der Waals surface area contributed by atoms with Crippen molar-refractivity contribution in [2.24, 2.45) is 0 Å². The molecule has 0 spiro atoms. The summed E-state index contributed by atoms with van der Waals surface area (Å²) in [7, 11) is 0. The van der Waals surface area contributed by atoms with E-state index in [2.05, 4.69) is 21.2 Å². The van der Waals surface area contributed by atoms with Crippen LogP contribution < -0.4 is 5.32 Å². The number of ether oxygens (including phenoxy) is 1. The van der Waals surface area contributed by atoms with Crippen LogP contribution in [0.25, 0.3) is 0 Å². The fraction of sp³-hybridized carbons (Fsp3) is 0.417. The molecule has 0 aromatic heterocycles. The van der Waals surface area contributed by atoms with Crippen LogP contribution in [0, 0.1) is 5.82 Å². The second-order valence-corrected chi connectivity index (χ2v) is 5.97. The largest absolute Gasteiger partial charge is 0.444 e. The molecule has 100 valence electrons. The summed E-state index contributed by atoms with van der Waals surface area (Å²) in [6, 6.07) is 2.72. The SMILES string of the molecule is CC(C)(C)OC(=O)NCc1cc(F)c(Br)cc1Cl. The number of nitrogens with one attached hydrogen (secondary N) is 1. The highest BCUT2D eigenvalue weighted by molar-refractivity contribution is 9.10. The topological polar surface area (TPSA) is 38.3 Å². The van der Waals surface area contributed by atoms with Crippen molar-refractivity contribution >= 4 is 33.6 Å². The maximum absolute atomic E-state index is 13.3. The monoisotopic (exact) mass is 337 g/mol. The number of rotatable bonds is 2. The molecule has 0 heterocycles. The molecule has 0 aliphatic rings. The molecule has 1 rings (SSSR count). The summed E-state index contributed by atoms with van der Waals surface area (Å²) < 4.78 is 18.6.